The highest BCUT2D eigenvalue weighted by Gasteiger charge is 2.32. The number of ether oxygens (including phenoxy) is 1. The molecule has 0 aromatic rings. The van der Waals surface area contributed by atoms with Gasteiger partial charge in [-0.25, -0.2) is 13.2 Å². The topological polar surface area (TPSA) is 100 Å². The van der Waals surface area contributed by atoms with Gasteiger partial charge < -0.3 is 20.3 Å². The Kier molecular flexibility index (Phi) is 9.84. The van der Waals surface area contributed by atoms with E-state index < -0.39 is 26.3 Å². The van der Waals surface area contributed by atoms with Crippen LogP contribution in [0.2, 0.25) is 0 Å². The molecule has 1 heterocycles. The van der Waals surface area contributed by atoms with Gasteiger partial charge in [0.1, 0.15) is 5.60 Å². The second-order valence-electron chi connectivity index (χ2n) is 8.28. The fourth-order valence-electron chi connectivity index (χ4n) is 2.35. The number of nitrogens with zero attached hydrogens (tertiary/aromatic N) is 2. The van der Waals surface area contributed by atoms with Crippen LogP contribution in [0.3, 0.4) is 0 Å². The fraction of sp³-hybridized carbons (Fsp3) is 0.882. The number of likely N-dealkylation sites (tertiary alicyclic amines) is 1. The van der Waals surface area contributed by atoms with Gasteiger partial charge in [0.05, 0.1) is 17.3 Å². The summed E-state index contributed by atoms with van der Waals surface area (Å²) in [6.07, 6.45) is 1.58. The highest BCUT2D eigenvalue weighted by atomic mass is 127. The van der Waals surface area contributed by atoms with Crippen molar-refractivity contribution in [1.29, 1.82) is 0 Å². The van der Waals surface area contributed by atoms with E-state index in [4.69, 9.17) is 4.74 Å². The summed E-state index contributed by atoms with van der Waals surface area (Å²) in [7, 11) is -3.21. The van der Waals surface area contributed by atoms with Crippen LogP contribution < -0.4 is 10.6 Å². The maximum absolute atomic E-state index is 11.9. The predicted molar refractivity (Wildman–Crippen MR) is 120 cm³/mol. The first-order valence-electron chi connectivity index (χ1n) is 8.97. The van der Waals surface area contributed by atoms with E-state index in [-0.39, 0.29) is 36.6 Å². The van der Waals surface area contributed by atoms with Crippen LogP contribution in [0.4, 0.5) is 4.79 Å². The Labute approximate surface area is 180 Å². The number of guanidine groups is 1. The Morgan fingerprint density at radius 1 is 1.26 bits per heavy atom. The van der Waals surface area contributed by atoms with Gasteiger partial charge in [-0.2, -0.15) is 0 Å². The van der Waals surface area contributed by atoms with Crippen molar-refractivity contribution in [1.82, 2.24) is 15.5 Å². The van der Waals surface area contributed by atoms with Gasteiger partial charge in [-0.3, -0.25) is 4.99 Å². The summed E-state index contributed by atoms with van der Waals surface area (Å²) in [5.41, 5.74) is -0.532. The van der Waals surface area contributed by atoms with E-state index in [2.05, 4.69) is 15.6 Å². The summed E-state index contributed by atoms with van der Waals surface area (Å²) in [5.74, 6) is 0.665. The fourth-order valence-corrected chi connectivity index (χ4v) is 2.65. The lowest BCUT2D eigenvalue weighted by Crippen LogP contribution is -2.45. The SMILES string of the molecule is CCNC(=NCC(C)(C)S(C)(=O)=O)N1CC[C@@H](NC(=O)OC(C)(C)C)C1.I. The number of rotatable bonds is 5. The molecule has 1 atom stereocenters. The number of carbonyl (C=O) groups is 1. The Hall–Kier alpha value is -0.780. The van der Waals surface area contributed by atoms with Crippen molar-refractivity contribution in [3.05, 3.63) is 0 Å². The summed E-state index contributed by atoms with van der Waals surface area (Å²) in [6.45, 7) is 13.0. The first-order valence-corrected chi connectivity index (χ1v) is 10.9. The molecule has 10 heteroatoms. The van der Waals surface area contributed by atoms with Crippen molar-refractivity contribution >= 4 is 45.9 Å². The lowest BCUT2D eigenvalue weighted by Gasteiger charge is -2.25. The molecule has 1 rings (SSSR count). The molecule has 8 nitrogen and oxygen atoms in total. The van der Waals surface area contributed by atoms with Crippen molar-refractivity contribution in [2.24, 2.45) is 4.99 Å². The Morgan fingerprint density at radius 2 is 1.85 bits per heavy atom. The summed E-state index contributed by atoms with van der Waals surface area (Å²) in [5, 5.41) is 6.08. The molecule has 0 bridgehead atoms. The smallest absolute Gasteiger partial charge is 0.407 e. The van der Waals surface area contributed by atoms with Crippen molar-refractivity contribution in [2.75, 3.05) is 32.4 Å². The molecule has 0 aromatic carbocycles. The number of nitrogens with one attached hydrogen (secondary N) is 2. The number of aliphatic imine (C=N–C) groups is 1. The Bertz CT molecular complexity index is 629. The number of sulfone groups is 1. The quantitative estimate of drug-likeness (QED) is 0.328. The van der Waals surface area contributed by atoms with Crippen LogP contribution in [-0.2, 0) is 14.6 Å². The molecule has 1 saturated heterocycles. The third-order valence-corrected chi connectivity index (χ3v) is 6.29. The molecule has 0 unspecified atom stereocenters. The number of halogens is 1. The van der Waals surface area contributed by atoms with Gasteiger partial charge in [-0.1, -0.05) is 0 Å². The molecule has 2 N–H and O–H groups in total. The molecule has 1 fully saturated rings. The predicted octanol–water partition coefficient (Wildman–Crippen LogP) is 1.99. The summed E-state index contributed by atoms with van der Waals surface area (Å²) in [6, 6.07) is -0.0309. The van der Waals surface area contributed by atoms with Crippen molar-refractivity contribution in [2.45, 2.75) is 64.4 Å². The largest absolute Gasteiger partial charge is 0.444 e. The maximum atomic E-state index is 11.9. The minimum absolute atomic E-state index is 0. The van der Waals surface area contributed by atoms with Gasteiger partial charge in [0, 0.05) is 25.9 Å². The molecule has 1 amide bonds. The molecule has 0 aliphatic carbocycles. The molecule has 0 radical (unpaired) electrons. The van der Waals surface area contributed by atoms with Gasteiger partial charge in [0.25, 0.3) is 0 Å². The molecular weight excluding hydrogens is 483 g/mol. The summed E-state index contributed by atoms with van der Waals surface area (Å²) < 4.78 is 28.1. The number of amides is 1. The standard InChI is InChI=1S/C17H34N4O4S.HI/c1-8-18-14(19-12-17(5,6)26(7,23)24)21-10-9-13(11-21)20-15(22)25-16(2,3)4;/h13H,8-12H2,1-7H3,(H,18,19)(H,20,22);1H/t13-;/m1./s1. The lowest BCUT2D eigenvalue weighted by atomic mass is 10.2. The van der Waals surface area contributed by atoms with Crippen LogP contribution in [0.25, 0.3) is 0 Å². The maximum Gasteiger partial charge on any atom is 0.407 e. The van der Waals surface area contributed by atoms with Crippen LogP contribution in [0, 0.1) is 0 Å². The first-order chi connectivity index (χ1) is 11.7. The first kappa shape index (κ1) is 26.2. The average molecular weight is 518 g/mol. The monoisotopic (exact) mass is 518 g/mol. The second kappa shape index (κ2) is 10.1. The van der Waals surface area contributed by atoms with Crippen molar-refractivity contribution in [3.8, 4) is 0 Å². The average Bonchev–Trinajstić information content (AvgIpc) is 2.88. The number of carbonyl (C=O) groups excluding carboxylic acids is 1. The van der Waals surface area contributed by atoms with Crippen LogP contribution in [-0.4, -0.2) is 74.2 Å². The van der Waals surface area contributed by atoms with Crippen LogP contribution in [0.15, 0.2) is 4.99 Å². The van der Waals surface area contributed by atoms with E-state index in [1.165, 1.54) is 6.26 Å². The molecule has 1 aliphatic rings. The van der Waals surface area contributed by atoms with Gasteiger partial charge in [0.15, 0.2) is 15.8 Å². The van der Waals surface area contributed by atoms with Gasteiger partial charge in [0.2, 0.25) is 0 Å². The van der Waals surface area contributed by atoms with Crippen LogP contribution in [0.5, 0.6) is 0 Å². The molecule has 160 valence electrons. The highest BCUT2D eigenvalue weighted by Crippen LogP contribution is 2.17. The molecule has 0 aromatic heterocycles. The van der Waals surface area contributed by atoms with Gasteiger partial charge in [-0.05, 0) is 48.0 Å². The minimum atomic E-state index is -3.21. The van der Waals surface area contributed by atoms with Crippen molar-refractivity contribution in [3.63, 3.8) is 0 Å². The minimum Gasteiger partial charge on any atom is -0.444 e. The molecule has 27 heavy (non-hydrogen) atoms. The Balaban J connectivity index is 0.00000676. The van der Waals surface area contributed by atoms with E-state index in [1.807, 2.05) is 32.6 Å². The molecule has 0 saturated carbocycles. The highest BCUT2D eigenvalue weighted by molar-refractivity contribution is 14.0. The van der Waals surface area contributed by atoms with E-state index in [0.29, 0.717) is 19.0 Å². The second-order valence-corrected chi connectivity index (χ2v) is 10.9. The Morgan fingerprint density at radius 3 is 2.33 bits per heavy atom. The third-order valence-electron chi connectivity index (χ3n) is 4.16. The number of hydrogen-bond acceptors (Lipinski definition) is 5. The number of hydrogen-bond donors (Lipinski definition) is 2. The van der Waals surface area contributed by atoms with Crippen LogP contribution >= 0.6 is 24.0 Å². The zero-order valence-electron chi connectivity index (χ0n) is 17.5. The van der Waals surface area contributed by atoms with E-state index >= 15 is 0 Å². The third kappa shape index (κ3) is 8.84. The molecule has 0 spiro atoms. The van der Waals surface area contributed by atoms with E-state index in [9.17, 15) is 13.2 Å². The summed E-state index contributed by atoms with van der Waals surface area (Å²) >= 11 is 0. The molecule has 1 aliphatic heterocycles. The lowest BCUT2D eigenvalue weighted by molar-refractivity contribution is 0.0507. The zero-order valence-corrected chi connectivity index (χ0v) is 20.6. The van der Waals surface area contributed by atoms with E-state index in [0.717, 1.165) is 13.0 Å². The van der Waals surface area contributed by atoms with E-state index in [1.54, 1.807) is 13.8 Å². The molecular formula is C17H35IN4O4S. The summed E-state index contributed by atoms with van der Waals surface area (Å²) in [4.78, 5) is 18.5. The number of alkyl carbamates (subject to hydrolysis) is 1. The van der Waals surface area contributed by atoms with Crippen molar-refractivity contribution < 1.29 is 17.9 Å². The van der Waals surface area contributed by atoms with Gasteiger partial charge >= 0.3 is 6.09 Å². The normalized spacial score (nSPS) is 18.7. The van der Waals surface area contributed by atoms with Crippen LogP contribution in [0.1, 0.15) is 48.0 Å². The zero-order chi connectivity index (χ0) is 20.2. The van der Waals surface area contributed by atoms with Gasteiger partial charge in [-0.15, -0.1) is 24.0 Å².